The van der Waals surface area contributed by atoms with Crippen LogP contribution in [0.3, 0.4) is 0 Å². The van der Waals surface area contributed by atoms with Crippen molar-refractivity contribution in [3.05, 3.63) is 116 Å². The molecule has 158 valence electrons. The first-order valence-electron chi connectivity index (χ1n) is 10.7. The molecule has 0 fully saturated rings. The van der Waals surface area contributed by atoms with Gasteiger partial charge < -0.3 is 9.47 Å². The maximum atomic E-state index is 6.19. The monoisotopic (exact) mass is 429 g/mol. The van der Waals surface area contributed by atoms with Crippen molar-refractivity contribution in [1.82, 2.24) is 14.5 Å². The van der Waals surface area contributed by atoms with Gasteiger partial charge in [-0.05, 0) is 48.5 Å². The summed E-state index contributed by atoms with van der Waals surface area (Å²) < 4.78 is 14.2. The Bertz CT molecular complexity index is 1520. The number of aromatic nitrogens is 3. The van der Waals surface area contributed by atoms with E-state index in [-0.39, 0.29) is 0 Å². The highest BCUT2D eigenvalue weighted by Gasteiger charge is 2.13. The Hall–Kier alpha value is -4.64. The number of pyridine rings is 2. The summed E-state index contributed by atoms with van der Waals surface area (Å²) in [5, 5.41) is 2.30. The highest BCUT2D eigenvalue weighted by Crippen LogP contribution is 2.33. The van der Waals surface area contributed by atoms with E-state index in [0.717, 1.165) is 28.0 Å². The molecule has 0 N–H and O–H groups in total. The fourth-order valence-electron chi connectivity index (χ4n) is 4.01. The fraction of sp³-hybridized carbons (Fsp3) is 0. The van der Waals surface area contributed by atoms with Gasteiger partial charge in [-0.2, -0.15) is 0 Å². The minimum absolute atomic E-state index is 0.538. The van der Waals surface area contributed by atoms with Crippen molar-refractivity contribution in [2.24, 2.45) is 0 Å². The molecule has 0 bridgehead atoms. The van der Waals surface area contributed by atoms with Gasteiger partial charge in [-0.1, -0.05) is 36.4 Å². The van der Waals surface area contributed by atoms with E-state index in [9.17, 15) is 0 Å². The summed E-state index contributed by atoms with van der Waals surface area (Å²) in [7, 11) is 0. The Balaban J connectivity index is 1.35. The molecule has 6 aromatic rings. The molecule has 0 unspecified atom stereocenters. The van der Waals surface area contributed by atoms with Gasteiger partial charge in [-0.25, -0.2) is 9.97 Å². The third-order valence-corrected chi connectivity index (χ3v) is 5.41. The highest BCUT2D eigenvalue weighted by molar-refractivity contribution is 6.07. The lowest BCUT2D eigenvalue weighted by molar-refractivity contribution is 0.449. The number of para-hydroxylation sites is 1. The minimum atomic E-state index is 0.538. The van der Waals surface area contributed by atoms with Gasteiger partial charge in [0, 0.05) is 41.4 Å². The van der Waals surface area contributed by atoms with Crippen LogP contribution in [-0.2, 0) is 0 Å². The molecule has 6 rings (SSSR count). The Labute approximate surface area is 190 Å². The molecular formula is C28H19N3O2. The summed E-state index contributed by atoms with van der Waals surface area (Å²) in [6, 6.07) is 33.5. The number of ether oxygens (including phenoxy) is 2. The van der Waals surface area contributed by atoms with E-state index in [1.165, 1.54) is 5.39 Å². The molecular weight excluding hydrogens is 410 g/mol. The largest absolute Gasteiger partial charge is 0.457 e. The van der Waals surface area contributed by atoms with E-state index in [4.69, 9.17) is 9.47 Å². The SMILES string of the molecule is c1ccc(Oc2cccc(Oc3cccc(-n4c5ccccc5c5cccnc54)c3)c2)nc1. The molecule has 3 aromatic heterocycles. The predicted molar refractivity (Wildman–Crippen MR) is 129 cm³/mol. The molecule has 0 spiro atoms. The molecule has 5 nitrogen and oxygen atoms in total. The van der Waals surface area contributed by atoms with E-state index in [2.05, 4.69) is 44.9 Å². The number of hydrogen-bond donors (Lipinski definition) is 0. The molecule has 0 saturated carbocycles. The van der Waals surface area contributed by atoms with E-state index in [1.807, 2.05) is 79.0 Å². The van der Waals surface area contributed by atoms with Gasteiger partial charge >= 0.3 is 0 Å². The van der Waals surface area contributed by atoms with E-state index in [0.29, 0.717) is 17.4 Å². The lowest BCUT2D eigenvalue weighted by Gasteiger charge is -2.11. The van der Waals surface area contributed by atoms with E-state index in [1.54, 1.807) is 6.20 Å². The quantitative estimate of drug-likeness (QED) is 0.292. The number of hydrogen-bond acceptors (Lipinski definition) is 4. The zero-order valence-electron chi connectivity index (χ0n) is 17.6. The molecule has 3 aromatic carbocycles. The van der Waals surface area contributed by atoms with Crippen LogP contribution < -0.4 is 9.47 Å². The van der Waals surface area contributed by atoms with Crippen LogP contribution in [0.1, 0.15) is 0 Å². The summed E-state index contributed by atoms with van der Waals surface area (Å²) in [4.78, 5) is 8.87. The molecule has 0 aliphatic heterocycles. The second kappa shape index (κ2) is 8.13. The van der Waals surface area contributed by atoms with Gasteiger partial charge in [0.05, 0.1) is 11.2 Å². The molecule has 0 radical (unpaired) electrons. The van der Waals surface area contributed by atoms with Crippen LogP contribution in [0.4, 0.5) is 0 Å². The van der Waals surface area contributed by atoms with E-state index < -0.39 is 0 Å². The lowest BCUT2D eigenvalue weighted by Crippen LogP contribution is -1.96. The summed E-state index contributed by atoms with van der Waals surface area (Å²) in [5.41, 5.74) is 3.01. The van der Waals surface area contributed by atoms with Crippen molar-refractivity contribution in [3.63, 3.8) is 0 Å². The topological polar surface area (TPSA) is 49.2 Å². The molecule has 3 heterocycles. The number of fused-ring (bicyclic) bond motifs is 3. The van der Waals surface area contributed by atoms with Crippen LogP contribution in [0, 0.1) is 0 Å². The van der Waals surface area contributed by atoms with Crippen LogP contribution in [0.5, 0.6) is 23.1 Å². The first-order chi connectivity index (χ1) is 16.3. The van der Waals surface area contributed by atoms with Crippen LogP contribution >= 0.6 is 0 Å². The second-order valence-corrected chi connectivity index (χ2v) is 7.57. The first-order valence-corrected chi connectivity index (χ1v) is 10.7. The number of benzene rings is 3. The average Bonchev–Trinajstić information content (AvgIpc) is 3.20. The summed E-state index contributed by atoms with van der Waals surface area (Å²) >= 11 is 0. The molecule has 5 heteroatoms. The van der Waals surface area contributed by atoms with Crippen LogP contribution in [0.2, 0.25) is 0 Å². The summed E-state index contributed by atoms with van der Waals surface area (Å²) in [5.74, 6) is 2.61. The Morgan fingerprint density at radius 3 is 2.15 bits per heavy atom. The average molecular weight is 429 g/mol. The Kier molecular flexibility index (Phi) is 4.70. The fourth-order valence-corrected chi connectivity index (χ4v) is 4.01. The van der Waals surface area contributed by atoms with Crippen molar-refractivity contribution in [3.8, 4) is 28.8 Å². The standard InChI is InChI=1S/C28H19N3O2/c1-2-14-26-24(12-1)25-13-7-17-30-28(25)31(26)20-8-5-9-21(18-20)32-22-10-6-11-23(19-22)33-27-15-3-4-16-29-27/h1-19H. The highest BCUT2D eigenvalue weighted by atomic mass is 16.5. The predicted octanol–water partition coefficient (Wildman–Crippen LogP) is 7.16. The molecule has 0 aliphatic rings. The summed E-state index contributed by atoms with van der Waals surface area (Å²) in [6.45, 7) is 0. The second-order valence-electron chi connectivity index (χ2n) is 7.57. The first kappa shape index (κ1) is 19.1. The van der Waals surface area contributed by atoms with Crippen molar-refractivity contribution >= 4 is 21.9 Å². The van der Waals surface area contributed by atoms with Crippen molar-refractivity contribution in [2.45, 2.75) is 0 Å². The third kappa shape index (κ3) is 3.66. The summed E-state index contributed by atoms with van der Waals surface area (Å²) in [6.07, 6.45) is 3.52. The zero-order valence-corrected chi connectivity index (χ0v) is 17.6. The van der Waals surface area contributed by atoms with Gasteiger partial charge in [0.2, 0.25) is 5.88 Å². The third-order valence-electron chi connectivity index (χ3n) is 5.41. The van der Waals surface area contributed by atoms with Gasteiger partial charge in [0.15, 0.2) is 0 Å². The molecule has 0 amide bonds. The maximum Gasteiger partial charge on any atom is 0.219 e. The van der Waals surface area contributed by atoms with Crippen molar-refractivity contribution < 1.29 is 9.47 Å². The zero-order chi connectivity index (χ0) is 22.0. The van der Waals surface area contributed by atoms with Crippen molar-refractivity contribution in [1.29, 1.82) is 0 Å². The van der Waals surface area contributed by atoms with Crippen LogP contribution in [0.15, 0.2) is 116 Å². The molecule has 0 atom stereocenters. The van der Waals surface area contributed by atoms with Gasteiger partial charge in [0.25, 0.3) is 0 Å². The van der Waals surface area contributed by atoms with Gasteiger partial charge in [-0.15, -0.1) is 0 Å². The minimum Gasteiger partial charge on any atom is -0.457 e. The van der Waals surface area contributed by atoms with Crippen LogP contribution in [0.25, 0.3) is 27.6 Å². The van der Waals surface area contributed by atoms with Crippen LogP contribution in [-0.4, -0.2) is 14.5 Å². The Morgan fingerprint density at radius 2 is 1.27 bits per heavy atom. The van der Waals surface area contributed by atoms with E-state index >= 15 is 0 Å². The molecule has 0 aliphatic carbocycles. The number of rotatable bonds is 5. The maximum absolute atomic E-state index is 6.19. The normalized spacial score (nSPS) is 11.0. The van der Waals surface area contributed by atoms with Gasteiger partial charge in [-0.3, -0.25) is 4.57 Å². The number of nitrogens with zero attached hydrogens (tertiary/aromatic N) is 3. The lowest BCUT2D eigenvalue weighted by atomic mass is 10.2. The molecule has 0 saturated heterocycles. The smallest absolute Gasteiger partial charge is 0.219 e. The van der Waals surface area contributed by atoms with Gasteiger partial charge in [0.1, 0.15) is 22.9 Å². The Morgan fingerprint density at radius 1 is 0.545 bits per heavy atom. The molecule has 33 heavy (non-hydrogen) atoms. The van der Waals surface area contributed by atoms with Crippen molar-refractivity contribution in [2.75, 3.05) is 0 Å².